The first-order valence-electron chi connectivity index (χ1n) is 7.60. The number of nitrogens with one attached hydrogen (secondary N) is 2. The van der Waals surface area contributed by atoms with Gasteiger partial charge < -0.3 is 21.1 Å². The molecule has 0 aliphatic carbocycles. The maximum absolute atomic E-state index is 12.0. The summed E-state index contributed by atoms with van der Waals surface area (Å²) >= 11 is 5.95. The molecule has 4 N–H and O–H groups in total. The van der Waals surface area contributed by atoms with E-state index in [1.165, 1.54) is 0 Å². The predicted molar refractivity (Wildman–Crippen MR) is 98.9 cm³/mol. The Morgan fingerprint density at radius 2 is 2.00 bits per heavy atom. The molecule has 0 aliphatic rings. The van der Waals surface area contributed by atoms with E-state index in [-0.39, 0.29) is 36.7 Å². The molecule has 0 fully saturated rings. The zero-order valence-electron chi connectivity index (χ0n) is 14.1. The van der Waals surface area contributed by atoms with Crippen LogP contribution in [-0.2, 0) is 9.59 Å². The molecule has 0 bridgehead atoms. The Morgan fingerprint density at radius 3 is 2.58 bits per heavy atom. The fourth-order valence-corrected chi connectivity index (χ4v) is 1.89. The standard InChI is InChI=1S/C16H24ClN3O3.ClH/c1-4-7-23-13-6-5-11(17)8-12(13)20-14(21)9-19-16(22)15(18)10(2)3;/h5-6,8,10,15H,4,7,9,18H2,1-3H3,(H,19,22)(H,20,21);1H/t15-;/m0./s1. The summed E-state index contributed by atoms with van der Waals surface area (Å²) < 4.78 is 5.56. The summed E-state index contributed by atoms with van der Waals surface area (Å²) in [5.74, 6) is -0.198. The Hall–Kier alpha value is -1.50. The van der Waals surface area contributed by atoms with Crippen molar-refractivity contribution in [2.45, 2.75) is 33.2 Å². The van der Waals surface area contributed by atoms with Crippen LogP contribution in [0.3, 0.4) is 0 Å². The lowest BCUT2D eigenvalue weighted by Gasteiger charge is -2.16. The second-order valence-corrected chi connectivity index (χ2v) is 5.96. The van der Waals surface area contributed by atoms with Crippen molar-refractivity contribution in [1.29, 1.82) is 0 Å². The highest BCUT2D eigenvalue weighted by Crippen LogP contribution is 2.28. The van der Waals surface area contributed by atoms with Crippen molar-refractivity contribution in [1.82, 2.24) is 5.32 Å². The van der Waals surface area contributed by atoms with Gasteiger partial charge >= 0.3 is 0 Å². The van der Waals surface area contributed by atoms with Gasteiger partial charge in [0.15, 0.2) is 0 Å². The lowest BCUT2D eigenvalue weighted by atomic mass is 10.1. The van der Waals surface area contributed by atoms with Crippen molar-refractivity contribution >= 4 is 41.5 Å². The number of hydrogen-bond donors (Lipinski definition) is 3. The largest absolute Gasteiger partial charge is 0.491 e. The SMILES string of the molecule is CCCOc1ccc(Cl)cc1NC(=O)CNC(=O)[C@@H](N)C(C)C.Cl. The van der Waals surface area contributed by atoms with Gasteiger partial charge in [0.1, 0.15) is 5.75 Å². The third-order valence-corrected chi connectivity index (χ3v) is 3.36. The number of benzene rings is 1. The minimum absolute atomic E-state index is 0. The first-order valence-corrected chi connectivity index (χ1v) is 7.98. The summed E-state index contributed by atoms with van der Waals surface area (Å²) in [5.41, 5.74) is 6.19. The Kier molecular flexibility index (Phi) is 10.4. The fraction of sp³-hybridized carbons (Fsp3) is 0.500. The van der Waals surface area contributed by atoms with Crippen LogP contribution < -0.4 is 21.1 Å². The van der Waals surface area contributed by atoms with Crippen LogP contribution >= 0.6 is 24.0 Å². The van der Waals surface area contributed by atoms with E-state index >= 15 is 0 Å². The van der Waals surface area contributed by atoms with Gasteiger partial charge in [0.2, 0.25) is 11.8 Å². The molecular formula is C16H25Cl2N3O3. The van der Waals surface area contributed by atoms with Gasteiger partial charge in [-0.05, 0) is 30.5 Å². The van der Waals surface area contributed by atoms with Gasteiger partial charge in [-0.1, -0.05) is 32.4 Å². The first-order chi connectivity index (χ1) is 10.8. The maximum atomic E-state index is 12.0. The second kappa shape index (κ2) is 11.1. The van der Waals surface area contributed by atoms with E-state index in [0.29, 0.717) is 23.1 Å². The molecule has 136 valence electrons. The van der Waals surface area contributed by atoms with Crippen molar-refractivity contribution in [3.8, 4) is 5.75 Å². The molecule has 1 aromatic rings. The molecule has 0 unspecified atom stereocenters. The number of hydrogen-bond acceptors (Lipinski definition) is 4. The van der Waals surface area contributed by atoms with Gasteiger partial charge in [0.25, 0.3) is 0 Å². The number of anilines is 1. The van der Waals surface area contributed by atoms with Crippen molar-refractivity contribution in [3.05, 3.63) is 23.2 Å². The number of halogens is 2. The summed E-state index contributed by atoms with van der Waals surface area (Å²) in [4.78, 5) is 23.7. The molecule has 0 radical (unpaired) electrons. The molecule has 0 spiro atoms. The number of carbonyl (C=O) groups excluding carboxylic acids is 2. The molecule has 0 aliphatic heterocycles. The Bertz CT molecular complexity index is 553. The number of nitrogens with two attached hydrogens (primary N) is 1. The quantitative estimate of drug-likeness (QED) is 0.648. The van der Waals surface area contributed by atoms with E-state index < -0.39 is 6.04 Å². The van der Waals surface area contributed by atoms with Crippen molar-refractivity contribution in [2.75, 3.05) is 18.5 Å². The Morgan fingerprint density at radius 1 is 1.33 bits per heavy atom. The molecule has 8 heteroatoms. The molecule has 0 heterocycles. The molecule has 1 atom stereocenters. The second-order valence-electron chi connectivity index (χ2n) is 5.52. The van der Waals surface area contributed by atoms with Crippen LogP contribution in [0.2, 0.25) is 5.02 Å². The predicted octanol–water partition coefficient (Wildman–Crippen LogP) is 2.59. The lowest BCUT2D eigenvalue weighted by Crippen LogP contribution is -2.46. The highest BCUT2D eigenvalue weighted by atomic mass is 35.5. The summed E-state index contributed by atoms with van der Waals surface area (Å²) in [5, 5.41) is 5.67. The van der Waals surface area contributed by atoms with Crippen LogP contribution in [0, 0.1) is 5.92 Å². The van der Waals surface area contributed by atoms with Crippen LogP contribution in [0.4, 0.5) is 5.69 Å². The van der Waals surface area contributed by atoms with Crippen LogP contribution in [0.5, 0.6) is 5.75 Å². The van der Waals surface area contributed by atoms with Crippen LogP contribution in [0.1, 0.15) is 27.2 Å². The van der Waals surface area contributed by atoms with Crippen molar-refractivity contribution in [3.63, 3.8) is 0 Å². The number of ether oxygens (including phenoxy) is 1. The third kappa shape index (κ3) is 7.38. The van der Waals surface area contributed by atoms with Gasteiger partial charge in [-0.25, -0.2) is 0 Å². The first kappa shape index (κ1) is 22.5. The summed E-state index contributed by atoms with van der Waals surface area (Å²) in [6.45, 7) is 6.03. The molecule has 2 amide bonds. The number of amides is 2. The minimum Gasteiger partial charge on any atom is -0.491 e. The lowest BCUT2D eigenvalue weighted by molar-refractivity contribution is -0.125. The van der Waals surface area contributed by atoms with E-state index in [4.69, 9.17) is 22.1 Å². The summed E-state index contributed by atoms with van der Waals surface area (Å²) in [6, 6.07) is 4.34. The van der Waals surface area contributed by atoms with Gasteiger partial charge in [-0.2, -0.15) is 0 Å². The van der Waals surface area contributed by atoms with Crippen molar-refractivity contribution < 1.29 is 14.3 Å². The van der Waals surface area contributed by atoms with Crippen LogP contribution in [0.15, 0.2) is 18.2 Å². The molecule has 24 heavy (non-hydrogen) atoms. The van der Waals surface area contributed by atoms with Crippen molar-refractivity contribution in [2.24, 2.45) is 11.7 Å². The molecule has 0 saturated carbocycles. The normalized spacial score (nSPS) is 11.4. The van der Waals surface area contributed by atoms with Gasteiger partial charge in [-0.15, -0.1) is 12.4 Å². The van der Waals surface area contributed by atoms with Crippen LogP contribution in [0.25, 0.3) is 0 Å². The average molecular weight is 378 g/mol. The smallest absolute Gasteiger partial charge is 0.243 e. The molecule has 0 aromatic heterocycles. The minimum atomic E-state index is -0.641. The highest BCUT2D eigenvalue weighted by molar-refractivity contribution is 6.31. The van der Waals surface area contributed by atoms with E-state index in [1.807, 2.05) is 20.8 Å². The number of carbonyl (C=O) groups is 2. The number of rotatable bonds is 8. The van der Waals surface area contributed by atoms with E-state index in [1.54, 1.807) is 18.2 Å². The molecule has 1 rings (SSSR count). The van der Waals surface area contributed by atoms with E-state index in [2.05, 4.69) is 10.6 Å². The Balaban J connectivity index is 0.00000529. The third-order valence-electron chi connectivity index (χ3n) is 3.12. The average Bonchev–Trinajstić information content (AvgIpc) is 2.51. The van der Waals surface area contributed by atoms with E-state index in [9.17, 15) is 9.59 Å². The Labute approximate surface area is 153 Å². The highest BCUT2D eigenvalue weighted by Gasteiger charge is 2.18. The fourth-order valence-electron chi connectivity index (χ4n) is 1.72. The van der Waals surface area contributed by atoms with Gasteiger partial charge in [-0.3, -0.25) is 9.59 Å². The summed E-state index contributed by atoms with van der Waals surface area (Å²) in [6.07, 6.45) is 0.846. The van der Waals surface area contributed by atoms with Gasteiger partial charge in [0.05, 0.1) is 24.9 Å². The molecule has 1 aromatic carbocycles. The summed E-state index contributed by atoms with van der Waals surface area (Å²) in [7, 11) is 0. The maximum Gasteiger partial charge on any atom is 0.243 e. The molecule has 0 saturated heterocycles. The zero-order chi connectivity index (χ0) is 17.4. The zero-order valence-corrected chi connectivity index (χ0v) is 15.7. The van der Waals surface area contributed by atoms with Gasteiger partial charge in [0, 0.05) is 5.02 Å². The van der Waals surface area contributed by atoms with E-state index in [0.717, 1.165) is 6.42 Å². The van der Waals surface area contributed by atoms with Crippen LogP contribution in [-0.4, -0.2) is 31.0 Å². The topological polar surface area (TPSA) is 93.5 Å². The monoisotopic (exact) mass is 377 g/mol. The molecular weight excluding hydrogens is 353 g/mol. The molecule has 6 nitrogen and oxygen atoms in total.